The van der Waals surface area contributed by atoms with Gasteiger partial charge in [-0.3, -0.25) is 9.59 Å². The molecular formula is C14H18N2O5. The van der Waals surface area contributed by atoms with Crippen LogP contribution in [0.2, 0.25) is 0 Å². The number of alkyl carbamates (subject to hydrolysis) is 1. The fourth-order valence-electron chi connectivity index (χ4n) is 1.41. The SMILES string of the molecule is C[C@H](NC(=O)OCc1ccccc1)C(=O)N[C@H](C)C(=O)O. The molecule has 2 atom stereocenters. The zero-order chi connectivity index (χ0) is 15.8. The van der Waals surface area contributed by atoms with E-state index in [4.69, 9.17) is 9.84 Å². The Balaban J connectivity index is 2.36. The van der Waals surface area contributed by atoms with E-state index in [0.29, 0.717) is 0 Å². The first-order valence-corrected chi connectivity index (χ1v) is 6.40. The highest BCUT2D eigenvalue weighted by Crippen LogP contribution is 2.00. The van der Waals surface area contributed by atoms with E-state index in [1.165, 1.54) is 13.8 Å². The maximum atomic E-state index is 11.6. The number of rotatable bonds is 6. The molecule has 0 aromatic heterocycles. The zero-order valence-corrected chi connectivity index (χ0v) is 11.8. The number of carboxylic acids is 1. The minimum atomic E-state index is -1.15. The summed E-state index contributed by atoms with van der Waals surface area (Å²) in [6.07, 6.45) is -0.746. The lowest BCUT2D eigenvalue weighted by atomic mass is 10.2. The van der Waals surface area contributed by atoms with Crippen molar-refractivity contribution >= 4 is 18.0 Å². The van der Waals surface area contributed by atoms with Crippen molar-refractivity contribution in [3.05, 3.63) is 35.9 Å². The molecule has 1 aromatic carbocycles. The molecule has 0 aliphatic heterocycles. The first-order chi connectivity index (χ1) is 9.90. The lowest BCUT2D eigenvalue weighted by Gasteiger charge is -2.16. The number of carboxylic acid groups (broad SMARTS) is 1. The lowest BCUT2D eigenvalue weighted by Crippen LogP contribution is -2.49. The number of aliphatic carboxylic acids is 1. The van der Waals surface area contributed by atoms with Crippen molar-refractivity contribution in [3.63, 3.8) is 0 Å². The summed E-state index contributed by atoms with van der Waals surface area (Å²) in [5, 5.41) is 13.3. The van der Waals surface area contributed by atoms with Crippen molar-refractivity contribution in [2.75, 3.05) is 0 Å². The Morgan fingerprint density at radius 2 is 1.71 bits per heavy atom. The molecule has 0 saturated heterocycles. The van der Waals surface area contributed by atoms with Gasteiger partial charge >= 0.3 is 12.1 Å². The number of carbonyl (C=O) groups excluding carboxylic acids is 2. The molecule has 0 radical (unpaired) electrons. The van der Waals surface area contributed by atoms with E-state index in [2.05, 4.69) is 10.6 Å². The molecule has 0 heterocycles. The maximum Gasteiger partial charge on any atom is 0.408 e. The zero-order valence-electron chi connectivity index (χ0n) is 11.8. The molecular weight excluding hydrogens is 276 g/mol. The molecule has 1 aromatic rings. The topological polar surface area (TPSA) is 105 Å². The van der Waals surface area contributed by atoms with Gasteiger partial charge in [0.1, 0.15) is 18.7 Å². The summed E-state index contributed by atoms with van der Waals surface area (Å²) < 4.78 is 4.95. The molecule has 0 saturated carbocycles. The molecule has 7 nitrogen and oxygen atoms in total. The largest absolute Gasteiger partial charge is 0.480 e. The van der Waals surface area contributed by atoms with Crippen LogP contribution < -0.4 is 10.6 Å². The van der Waals surface area contributed by atoms with E-state index in [1.54, 1.807) is 12.1 Å². The molecule has 7 heteroatoms. The van der Waals surface area contributed by atoms with Crippen LogP contribution in [0, 0.1) is 0 Å². The van der Waals surface area contributed by atoms with Crippen LogP contribution in [0.15, 0.2) is 30.3 Å². The molecule has 1 rings (SSSR count). The van der Waals surface area contributed by atoms with E-state index in [0.717, 1.165) is 5.56 Å². The number of ether oxygens (including phenoxy) is 1. The minimum absolute atomic E-state index is 0.0898. The quantitative estimate of drug-likeness (QED) is 0.722. The number of benzene rings is 1. The van der Waals surface area contributed by atoms with E-state index in [1.807, 2.05) is 18.2 Å². The van der Waals surface area contributed by atoms with E-state index >= 15 is 0 Å². The van der Waals surface area contributed by atoms with Crippen LogP contribution in [0.5, 0.6) is 0 Å². The summed E-state index contributed by atoms with van der Waals surface area (Å²) in [5.41, 5.74) is 0.823. The number of hydrogen-bond acceptors (Lipinski definition) is 4. The first-order valence-electron chi connectivity index (χ1n) is 6.40. The van der Waals surface area contributed by atoms with Crippen LogP contribution in [0.4, 0.5) is 4.79 Å². The summed E-state index contributed by atoms with van der Waals surface area (Å²) in [6, 6.07) is 7.17. The second-order valence-corrected chi connectivity index (χ2v) is 4.50. The van der Waals surface area contributed by atoms with Crippen molar-refractivity contribution in [1.29, 1.82) is 0 Å². The third-order valence-electron chi connectivity index (χ3n) is 2.67. The van der Waals surface area contributed by atoms with Gasteiger partial charge in [-0.25, -0.2) is 4.79 Å². The van der Waals surface area contributed by atoms with Gasteiger partial charge in [0.05, 0.1) is 0 Å². The Labute approximate surface area is 122 Å². The van der Waals surface area contributed by atoms with Gasteiger partial charge in [-0.05, 0) is 19.4 Å². The smallest absolute Gasteiger partial charge is 0.408 e. The van der Waals surface area contributed by atoms with Crippen LogP contribution in [0.3, 0.4) is 0 Å². The Kier molecular flexibility index (Phi) is 6.19. The minimum Gasteiger partial charge on any atom is -0.480 e. The van der Waals surface area contributed by atoms with Crippen LogP contribution in [0.1, 0.15) is 19.4 Å². The van der Waals surface area contributed by atoms with Crippen molar-refractivity contribution in [2.45, 2.75) is 32.5 Å². The van der Waals surface area contributed by atoms with Gasteiger partial charge in [0.25, 0.3) is 0 Å². The molecule has 114 valence electrons. The van der Waals surface area contributed by atoms with Gasteiger partial charge in [0.2, 0.25) is 5.91 Å². The molecule has 0 aliphatic carbocycles. The molecule has 2 amide bonds. The Morgan fingerprint density at radius 3 is 2.29 bits per heavy atom. The summed E-state index contributed by atoms with van der Waals surface area (Å²) >= 11 is 0. The average Bonchev–Trinajstić information content (AvgIpc) is 2.45. The number of carbonyl (C=O) groups is 3. The van der Waals surface area contributed by atoms with Crippen LogP contribution in [0.25, 0.3) is 0 Å². The van der Waals surface area contributed by atoms with E-state index in [9.17, 15) is 14.4 Å². The van der Waals surface area contributed by atoms with Crippen molar-refractivity contribution in [3.8, 4) is 0 Å². The molecule has 0 bridgehead atoms. The first kappa shape index (κ1) is 16.5. The number of amides is 2. The highest BCUT2D eigenvalue weighted by molar-refractivity contribution is 5.88. The van der Waals surface area contributed by atoms with Crippen LogP contribution >= 0.6 is 0 Å². The van der Waals surface area contributed by atoms with E-state index in [-0.39, 0.29) is 6.61 Å². The van der Waals surface area contributed by atoms with Crippen molar-refractivity contribution < 1.29 is 24.2 Å². The van der Waals surface area contributed by atoms with E-state index < -0.39 is 30.1 Å². The standard InChI is InChI=1S/C14H18N2O5/c1-9(12(17)15-10(2)13(18)19)16-14(20)21-8-11-6-4-3-5-7-11/h3-7,9-10H,8H2,1-2H3,(H,15,17)(H,16,20)(H,18,19)/t9-,10+/m0/s1. The second kappa shape index (κ2) is 7.88. The Bertz CT molecular complexity index is 503. The Hall–Kier alpha value is -2.57. The Morgan fingerprint density at radius 1 is 1.10 bits per heavy atom. The molecule has 0 aliphatic rings. The molecule has 0 fully saturated rings. The highest BCUT2D eigenvalue weighted by atomic mass is 16.5. The third-order valence-corrected chi connectivity index (χ3v) is 2.67. The molecule has 0 spiro atoms. The predicted molar refractivity (Wildman–Crippen MR) is 74.5 cm³/mol. The summed E-state index contributed by atoms with van der Waals surface area (Å²) in [5.74, 6) is -1.75. The molecule has 21 heavy (non-hydrogen) atoms. The normalized spacial score (nSPS) is 12.9. The fourth-order valence-corrected chi connectivity index (χ4v) is 1.41. The number of nitrogens with one attached hydrogen (secondary N) is 2. The van der Waals surface area contributed by atoms with Gasteiger partial charge in [-0.15, -0.1) is 0 Å². The van der Waals surface area contributed by atoms with Gasteiger partial charge < -0.3 is 20.5 Å². The van der Waals surface area contributed by atoms with Gasteiger partial charge in [0.15, 0.2) is 0 Å². The van der Waals surface area contributed by atoms with Gasteiger partial charge in [0, 0.05) is 0 Å². The second-order valence-electron chi connectivity index (χ2n) is 4.50. The fraction of sp³-hybridized carbons (Fsp3) is 0.357. The number of hydrogen-bond donors (Lipinski definition) is 3. The lowest BCUT2D eigenvalue weighted by molar-refractivity contribution is -0.141. The highest BCUT2D eigenvalue weighted by Gasteiger charge is 2.20. The predicted octanol–water partition coefficient (Wildman–Crippen LogP) is 0.891. The van der Waals surface area contributed by atoms with Gasteiger partial charge in [-0.1, -0.05) is 30.3 Å². The summed E-state index contributed by atoms with van der Waals surface area (Å²) in [7, 11) is 0. The van der Waals surface area contributed by atoms with Gasteiger partial charge in [-0.2, -0.15) is 0 Å². The third kappa shape index (κ3) is 5.94. The summed E-state index contributed by atoms with van der Waals surface area (Å²) in [6.45, 7) is 2.86. The van der Waals surface area contributed by atoms with Crippen LogP contribution in [-0.2, 0) is 20.9 Å². The monoisotopic (exact) mass is 294 g/mol. The van der Waals surface area contributed by atoms with Crippen molar-refractivity contribution in [2.24, 2.45) is 0 Å². The maximum absolute atomic E-state index is 11.6. The van der Waals surface area contributed by atoms with Crippen molar-refractivity contribution in [1.82, 2.24) is 10.6 Å². The summed E-state index contributed by atoms with van der Waals surface area (Å²) in [4.78, 5) is 33.8. The molecule has 0 unspecified atom stereocenters. The van der Waals surface area contributed by atoms with Crippen LogP contribution in [-0.4, -0.2) is 35.2 Å². The molecule has 3 N–H and O–H groups in total. The average molecular weight is 294 g/mol.